The zero-order valence-electron chi connectivity index (χ0n) is 15.7. The summed E-state index contributed by atoms with van der Waals surface area (Å²) in [5, 5.41) is 0. The fourth-order valence-electron chi connectivity index (χ4n) is 3.01. The van der Waals surface area contributed by atoms with Crippen molar-refractivity contribution in [2.75, 3.05) is 0 Å². The lowest BCUT2D eigenvalue weighted by atomic mass is 9.98. The molecule has 0 fully saturated rings. The van der Waals surface area contributed by atoms with Crippen LogP contribution in [0.2, 0.25) is 0 Å². The van der Waals surface area contributed by atoms with Crippen LogP contribution in [-0.4, -0.2) is 4.98 Å². The maximum atomic E-state index is 4.95. The highest BCUT2D eigenvalue weighted by atomic mass is 14.7. The van der Waals surface area contributed by atoms with Crippen LogP contribution in [0.5, 0.6) is 0 Å². The summed E-state index contributed by atoms with van der Waals surface area (Å²) < 4.78 is 0. The number of nitrogens with zero attached hydrogens (tertiary/aromatic N) is 1. The van der Waals surface area contributed by atoms with Gasteiger partial charge in [0.15, 0.2) is 0 Å². The fourth-order valence-corrected chi connectivity index (χ4v) is 3.01. The van der Waals surface area contributed by atoms with Crippen LogP contribution in [0.4, 0.5) is 0 Å². The van der Waals surface area contributed by atoms with Gasteiger partial charge in [0.25, 0.3) is 0 Å². The standard InChI is InChI=1S/C25H25N/c1-4-9-20(10-5-2)23-17-24(21-11-7-6-8-12-21)26-25(18-23)22-15-13-19(3)14-16-22/h4,6-18H,5H2,1-3H3/b9-4-,20-10+. The third-order valence-electron chi connectivity index (χ3n) is 4.35. The predicted molar refractivity (Wildman–Crippen MR) is 113 cm³/mol. The SMILES string of the molecule is C/C=C\C(=C/CC)c1cc(-c2ccccc2)nc(-c2ccc(C)cc2)c1. The van der Waals surface area contributed by atoms with Crippen molar-refractivity contribution >= 4 is 5.57 Å². The average molecular weight is 339 g/mol. The second-order valence-corrected chi connectivity index (χ2v) is 6.43. The Balaban J connectivity index is 2.19. The van der Waals surface area contributed by atoms with Crippen LogP contribution >= 0.6 is 0 Å². The Bertz CT molecular complexity index is 916. The van der Waals surface area contributed by atoms with Crippen LogP contribution in [-0.2, 0) is 0 Å². The van der Waals surface area contributed by atoms with Gasteiger partial charge in [-0.3, -0.25) is 0 Å². The van der Waals surface area contributed by atoms with Gasteiger partial charge in [-0.1, -0.05) is 85.3 Å². The predicted octanol–water partition coefficient (Wildman–Crippen LogP) is 7.09. The van der Waals surface area contributed by atoms with E-state index in [-0.39, 0.29) is 0 Å². The Labute approximate surface area is 156 Å². The van der Waals surface area contributed by atoms with Gasteiger partial charge in [0.2, 0.25) is 0 Å². The molecule has 0 radical (unpaired) electrons. The first-order valence-electron chi connectivity index (χ1n) is 9.19. The minimum absolute atomic E-state index is 1.00. The molecule has 2 aromatic carbocycles. The van der Waals surface area contributed by atoms with Crippen molar-refractivity contribution < 1.29 is 0 Å². The fraction of sp³-hybridized carbons (Fsp3) is 0.160. The molecule has 0 spiro atoms. The molecule has 3 aromatic rings. The normalized spacial score (nSPS) is 11.9. The Morgan fingerprint density at radius 1 is 0.885 bits per heavy atom. The van der Waals surface area contributed by atoms with Crippen molar-refractivity contribution in [1.82, 2.24) is 4.98 Å². The highest BCUT2D eigenvalue weighted by Crippen LogP contribution is 2.29. The number of pyridine rings is 1. The van der Waals surface area contributed by atoms with Gasteiger partial charge in [0.1, 0.15) is 0 Å². The van der Waals surface area contributed by atoms with E-state index in [2.05, 4.69) is 99.7 Å². The van der Waals surface area contributed by atoms with E-state index in [4.69, 9.17) is 4.98 Å². The molecule has 1 heteroatoms. The lowest BCUT2D eigenvalue weighted by Crippen LogP contribution is -1.93. The average Bonchev–Trinajstić information content (AvgIpc) is 2.69. The van der Waals surface area contributed by atoms with E-state index in [0.717, 1.165) is 28.9 Å². The molecule has 0 saturated heterocycles. The van der Waals surface area contributed by atoms with Gasteiger partial charge < -0.3 is 0 Å². The molecule has 0 amide bonds. The van der Waals surface area contributed by atoms with E-state index >= 15 is 0 Å². The summed E-state index contributed by atoms with van der Waals surface area (Å²) in [6, 6.07) is 23.3. The first kappa shape index (κ1) is 17.9. The Morgan fingerprint density at radius 3 is 2.08 bits per heavy atom. The summed E-state index contributed by atoms with van der Waals surface area (Å²) in [6.07, 6.45) is 7.54. The van der Waals surface area contributed by atoms with Crippen molar-refractivity contribution in [3.05, 3.63) is 96.1 Å². The molecule has 0 bridgehead atoms. The molecule has 26 heavy (non-hydrogen) atoms. The molecular weight excluding hydrogens is 314 g/mol. The smallest absolute Gasteiger partial charge is 0.0715 e. The molecule has 0 N–H and O–H groups in total. The van der Waals surface area contributed by atoms with Crippen molar-refractivity contribution in [2.45, 2.75) is 27.2 Å². The first-order valence-corrected chi connectivity index (χ1v) is 9.19. The Morgan fingerprint density at radius 2 is 1.50 bits per heavy atom. The third-order valence-corrected chi connectivity index (χ3v) is 4.35. The van der Waals surface area contributed by atoms with E-state index in [1.54, 1.807) is 0 Å². The first-order chi connectivity index (χ1) is 12.7. The molecule has 1 aromatic heterocycles. The summed E-state index contributed by atoms with van der Waals surface area (Å²) in [6.45, 7) is 6.34. The summed E-state index contributed by atoms with van der Waals surface area (Å²) in [7, 11) is 0. The van der Waals surface area contributed by atoms with Gasteiger partial charge in [-0.15, -0.1) is 0 Å². The van der Waals surface area contributed by atoms with Gasteiger partial charge in [-0.2, -0.15) is 0 Å². The van der Waals surface area contributed by atoms with Gasteiger partial charge >= 0.3 is 0 Å². The van der Waals surface area contributed by atoms with E-state index in [1.807, 2.05) is 6.07 Å². The maximum absolute atomic E-state index is 4.95. The minimum Gasteiger partial charge on any atom is -0.248 e. The minimum atomic E-state index is 1.00. The van der Waals surface area contributed by atoms with Gasteiger partial charge in [-0.05, 0) is 43.5 Å². The molecule has 0 aliphatic rings. The van der Waals surface area contributed by atoms with Crippen molar-refractivity contribution in [1.29, 1.82) is 0 Å². The van der Waals surface area contributed by atoms with Crippen LogP contribution in [0.1, 0.15) is 31.4 Å². The van der Waals surface area contributed by atoms with E-state index in [0.29, 0.717) is 0 Å². The summed E-state index contributed by atoms with van der Waals surface area (Å²) in [5.41, 5.74) is 7.99. The van der Waals surface area contributed by atoms with Crippen LogP contribution in [0.15, 0.2) is 85.0 Å². The second kappa shape index (κ2) is 8.44. The molecule has 0 aliphatic heterocycles. The zero-order chi connectivity index (χ0) is 18.4. The van der Waals surface area contributed by atoms with Gasteiger partial charge in [0, 0.05) is 11.1 Å². The lowest BCUT2D eigenvalue weighted by Gasteiger charge is -2.11. The molecule has 0 unspecified atom stereocenters. The monoisotopic (exact) mass is 339 g/mol. The number of allylic oxidation sites excluding steroid dienone is 4. The number of rotatable bonds is 5. The van der Waals surface area contributed by atoms with Crippen molar-refractivity contribution in [2.24, 2.45) is 0 Å². The van der Waals surface area contributed by atoms with Crippen LogP contribution in [0.3, 0.4) is 0 Å². The topological polar surface area (TPSA) is 12.9 Å². The Kier molecular flexibility index (Phi) is 5.80. The van der Waals surface area contributed by atoms with Gasteiger partial charge in [0.05, 0.1) is 11.4 Å². The summed E-state index contributed by atoms with van der Waals surface area (Å²) >= 11 is 0. The number of aromatic nitrogens is 1. The van der Waals surface area contributed by atoms with E-state index in [1.165, 1.54) is 16.7 Å². The second-order valence-electron chi connectivity index (χ2n) is 6.43. The highest BCUT2D eigenvalue weighted by Gasteiger charge is 2.09. The quantitative estimate of drug-likeness (QED) is 0.452. The number of hydrogen-bond donors (Lipinski definition) is 0. The molecule has 0 atom stereocenters. The molecule has 1 heterocycles. The third kappa shape index (κ3) is 4.18. The summed E-state index contributed by atoms with van der Waals surface area (Å²) in [4.78, 5) is 4.95. The molecule has 130 valence electrons. The number of aryl methyl sites for hydroxylation is 1. The largest absolute Gasteiger partial charge is 0.248 e. The Hall–Kier alpha value is -2.93. The summed E-state index contributed by atoms with van der Waals surface area (Å²) in [5.74, 6) is 0. The highest BCUT2D eigenvalue weighted by molar-refractivity contribution is 5.80. The molecule has 3 rings (SSSR count). The van der Waals surface area contributed by atoms with Crippen LogP contribution < -0.4 is 0 Å². The molecular formula is C25H25N. The van der Waals surface area contributed by atoms with E-state index in [9.17, 15) is 0 Å². The molecule has 1 nitrogen and oxygen atoms in total. The van der Waals surface area contributed by atoms with Crippen molar-refractivity contribution in [3.8, 4) is 22.5 Å². The van der Waals surface area contributed by atoms with Gasteiger partial charge in [-0.25, -0.2) is 4.98 Å². The zero-order valence-corrected chi connectivity index (χ0v) is 15.7. The number of hydrogen-bond acceptors (Lipinski definition) is 1. The van der Waals surface area contributed by atoms with E-state index < -0.39 is 0 Å². The maximum Gasteiger partial charge on any atom is 0.0715 e. The lowest BCUT2D eigenvalue weighted by molar-refractivity contribution is 1.22. The van der Waals surface area contributed by atoms with Crippen molar-refractivity contribution in [3.63, 3.8) is 0 Å². The number of benzene rings is 2. The molecule has 0 aliphatic carbocycles. The van der Waals surface area contributed by atoms with Crippen LogP contribution in [0, 0.1) is 6.92 Å². The molecule has 0 saturated carbocycles. The van der Waals surface area contributed by atoms with Crippen LogP contribution in [0.25, 0.3) is 28.1 Å².